The largest absolute Gasteiger partial charge is 0.491 e. The van der Waals surface area contributed by atoms with E-state index in [0.29, 0.717) is 12.2 Å². The number of ether oxygens (including phenoxy) is 2. The third-order valence-electron chi connectivity index (χ3n) is 3.04. The predicted molar refractivity (Wildman–Crippen MR) is 72.2 cm³/mol. The van der Waals surface area contributed by atoms with Gasteiger partial charge >= 0.3 is 5.97 Å². The molecule has 0 bridgehead atoms. The van der Waals surface area contributed by atoms with Gasteiger partial charge in [0.1, 0.15) is 17.9 Å². The molecule has 0 spiro atoms. The lowest BCUT2D eigenvalue weighted by Gasteiger charge is -2.25. The monoisotopic (exact) mass is 267 g/mol. The number of likely N-dealkylation sites (N-methyl/N-ethyl adjacent to an activating group) is 1. The Morgan fingerprint density at radius 3 is 2.47 bits per heavy atom. The summed E-state index contributed by atoms with van der Waals surface area (Å²) in [5.41, 5.74) is 0.164. The molecule has 0 aliphatic heterocycles. The highest BCUT2D eigenvalue weighted by Gasteiger charge is 2.33. The molecule has 0 aromatic heterocycles. The number of hydrogen-bond acceptors (Lipinski definition) is 5. The molecule has 0 aliphatic carbocycles. The van der Waals surface area contributed by atoms with Crippen molar-refractivity contribution in [1.29, 1.82) is 0 Å². The molecule has 5 nitrogen and oxygen atoms in total. The average Bonchev–Trinajstić information content (AvgIpc) is 2.45. The van der Waals surface area contributed by atoms with E-state index in [1.807, 2.05) is 24.3 Å². The van der Waals surface area contributed by atoms with E-state index >= 15 is 0 Å². The number of aliphatic hydroxyl groups is 1. The number of esters is 1. The molecule has 0 heterocycles. The van der Waals surface area contributed by atoms with Crippen molar-refractivity contribution in [1.82, 2.24) is 5.32 Å². The molecular weight excluding hydrogens is 246 g/mol. The molecule has 0 radical (unpaired) electrons. The Hall–Kier alpha value is -1.59. The van der Waals surface area contributed by atoms with Gasteiger partial charge in [-0.05, 0) is 38.1 Å². The average molecular weight is 267 g/mol. The Balaban J connectivity index is 2.62. The highest BCUT2D eigenvalue weighted by molar-refractivity contribution is 5.80. The fraction of sp³-hybridized carbons (Fsp3) is 0.500. The minimum Gasteiger partial charge on any atom is -0.491 e. The minimum absolute atomic E-state index is 0.125. The van der Waals surface area contributed by atoms with E-state index in [1.54, 1.807) is 14.0 Å². The van der Waals surface area contributed by atoms with Gasteiger partial charge in [0.25, 0.3) is 0 Å². The number of benzene rings is 1. The van der Waals surface area contributed by atoms with Crippen LogP contribution in [0.4, 0.5) is 0 Å². The molecule has 1 rings (SSSR count). The van der Waals surface area contributed by atoms with Crippen LogP contribution in [0.15, 0.2) is 24.3 Å². The lowest BCUT2D eigenvalue weighted by molar-refractivity contribution is -0.148. The van der Waals surface area contributed by atoms with Crippen molar-refractivity contribution in [2.24, 2.45) is 0 Å². The second-order valence-corrected chi connectivity index (χ2v) is 4.48. The zero-order valence-corrected chi connectivity index (χ0v) is 11.6. The highest BCUT2D eigenvalue weighted by atomic mass is 16.5. The van der Waals surface area contributed by atoms with Crippen LogP contribution in [-0.2, 0) is 16.0 Å². The van der Waals surface area contributed by atoms with Gasteiger partial charge in [-0.3, -0.25) is 0 Å². The summed E-state index contributed by atoms with van der Waals surface area (Å²) in [4.78, 5) is 11.6. The first-order valence-electron chi connectivity index (χ1n) is 6.15. The number of nitrogens with one attached hydrogen (secondary N) is 1. The van der Waals surface area contributed by atoms with Gasteiger partial charge in [0, 0.05) is 6.61 Å². The van der Waals surface area contributed by atoms with E-state index in [0.717, 1.165) is 5.56 Å². The van der Waals surface area contributed by atoms with Crippen LogP contribution in [0.3, 0.4) is 0 Å². The number of hydrogen-bond donors (Lipinski definition) is 2. The standard InChI is InChI=1S/C14H21NO4/c1-14(15-2,13(17)18-3)10-19-12-6-4-11(5-7-12)8-9-16/h4-7,15-16H,8-10H2,1-3H3. The van der Waals surface area contributed by atoms with Crippen molar-refractivity contribution in [3.8, 4) is 5.75 Å². The minimum atomic E-state index is -0.876. The van der Waals surface area contributed by atoms with Gasteiger partial charge < -0.3 is 19.9 Å². The third kappa shape index (κ3) is 4.22. The fourth-order valence-electron chi connectivity index (χ4n) is 1.57. The molecule has 2 N–H and O–H groups in total. The maximum atomic E-state index is 11.6. The van der Waals surface area contributed by atoms with Crippen LogP contribution in [0, 0.1) is 0 Å². The van der Waals surface area contributed by atoms with E-state index in [4.69, 9.17) is 14.6 Å². The predicted octanol–water partition coefficient (Wildman–Crippen LogP) is 0.751. The molecule has 0 fully saturated rings. The lowest BCUT2D eigenvalue weighted by atomic mass is 10.1. The molecule has 5 heteroatoms. The van der Waals surface area contributed by atoms with E-state index in [1.165, 1.54) is 7.11 Å². The highest BCUT2D eigenvalue weighted by Crippen LogP contribution is 2.15. The van der Waals surface area contributed by atoms with Crippen molar-refractivity contribution < 1.29 is 19.4 Å². The molecule has 1 aromatic carbocycles. The van der Waals surface area contributed by atoms with Crippen LogP contribution in [0.5, 0.6) is 5.75 Å². The topological polar surface area (TPSA) is 67.8 Å². The Morgan fingerprint density at radius 1 is 1.37 bits per heavy atom. The summed E-state index contributed by atoms with van der Waals surface area (Å²) in [5.74, 6) is 0.305. The molecule has 0 saturated carbocycles. The van der Waals surface area contributed by atoms with Crippen LogP contribution in [0.25, 0.3) is 0 Å². The van der Waals surface area contributed by atoms with Gasteiger partial charge in [-0.25, -0.2) is 4.79 Å². The van der Waals surface area contributed by atoms with Crippen LogP contribution >= 0.6 is 0 Å². The van der Waals surface area contributed by atoms with Crippen molar-refractivity contribution in [3.63, 3.8) is 0 Å². The smallest absolute Gasteiger partial charge is 0.329 e. The van der Waals surface area contributed by atoms with Crippen LogP contribution in [-0.4, -0.2) is 44.0 Å². The number of aliphatic hydroxyl groups excluding tert-OH is 1. The van der Waals surface area contributed by atoms with Crippen LogP contribution in [0.1, 0.15) is 12.5 Å². The molecule has 1 atom stereocenters. The first-order valence-corrected chi connectivity index (χ1v) is 6.15. The van der Waals surface area contributed by atoms with Crippen LogP contribution in [0.2, 0.25) is 0 Å². The number of rotatable bonds is 7. The second-order valence-electron chi connectivity index (χ2n) is 4.48. The SMILES string of the molecule is CNC(C)(COc1ccc(CCO)cc1)C(=O)OC. The molecule has 1 aromatic rings. The van der Waals surface area contributed by atoms with Gasteiger partial charge in [-0.2, -0.15) is 0 Å². The van der Waals surface area contributed by atoms with Gasteiger partial charge in [0.2, 0.25) is 0 Å². The quantitative estimate of drug-likeness (QED) is 0.714. The summed E-state index contributed by atoms with van der Waals surface area (Å²) < 4.78 is 10.3. The summed E-state index contributed by atoms with van der Waals surface area (Å²) in [6.07, 6.45) is 0.622. The number of carbonyl (C=O) groups excluding carboxylic acids is 1. The normalized spacial score (nSPS) is 13.7. The Bertz CT molecular complexity index is 404. The van der Waals surface area contributed by atoms with Gasteiger partial charge in [-0.15, -0.1) is 0 Å². The maximum absolute atomic E-state index is 11.6. The van der Waals surface area contributed by atoms with Gasteiger partial charge in [0.15, 0.2) is 0 Å². The summed E-state index contributed by atoms with van der Waals surface area (Å²) >= 11 is 0. The lowest BCUT2D eigenvalue weighted by Crippen LogP contribution is -2.52. The number of methoxy groups -OCH3 is 1. The van der Waals surface area contributed by atoms with Gasteiger partial charge in [-0.1, -0.05) is 12.1 Å². The zero-order valence-electron chi connectivity index (χ0n) is 11.6. The van der Waals surface area contributed by atoms with E-state index in [9.17, 15) is 4.79 Å². The number of carbonyl (C=O) groups is 1. The van der Waals surface area contributed by atoms with Gasteiger partial charge in [0.05, 0.1) is 7.11 Å². The summed E-state index contributed by atoms with van der Waals surface area (Å²) in [6, 6.07) is 7.41. The molecule has 0 saturated heterocycles. The first-order chi connectivity index (χ1) is 9.05. The molecule has 1 unspecified atom stereocenters. The van der Waals surface area contributed by atoms with Crippen LogP contribution < -0.4 is 10.1 Å². The third-order valence-corrected chi connectivity index (χ3v) is 3.04. The fourth-order valence-corrected chi connectivity index (χ4v) is 1.57. The summed E-state index contributed by atoms with van der Waals surface area (Å²) in [7, 11) is 3.03. The van der Waals surface area contributed by atoms with E-state index in [2.05, 4.69) is 5.32 Å². The van der Waals surface area contributed by atoms with E-state index in [-0.39, 0.29) is 19.2 Å². The van der Waals surface area contributed by atoms with E-state index < -0.39 is 5.54 Å². The van der Waals surface area contributed by atoms with Crippen molar-refractivity contribution in [2.75, 3.05) is 27.4 Å². The summed E-state index contributed by atoms with van der Waals surface area (Å²) in [5, 5.41) is 11.7. The Labute approximate surface area is 113 Å². The molecule has 19 heavy (non-hydrogen) atoms. The first kappa shape index (κ1) is 15.5. The second kappa shape index (κ2) is 7.11. The molecule has 106 valence electrons. The Morgan fingerprint density at radius 2 is 2.00 bits per heavy atom. The van der Waals surface area contributed by atoms with Crippen molar-refractivity contribution in [2.45, 2.75) is 18.9 Å². The van der Waals surface area contributed by atoms with Crippen molar-refractivity contribution >= 4 is 5.97 Å². The van der Waals surface area contributed by atoms with Crippen molar-refractivity contribution in [3.05, 3.63) is 29.8 Å². The maximum Gasteiger partial charge on any atom is 0.329 e. The Kier molecular flexibility index (Phi) is 5.79. The molecule has 0 aliphatic rings. The zero-order chi connectivity index (χ0) is 14.3. The molecule has 0 amide bonds. The molecular formula is C14H21NO4. The summed E-state index contributed by atoms with van der Waals surface area (Å²) in [6.45, 7) is 2.02.